The monoisotopic (exact) mass is 842 g/mol. The van der Waals surface area contributed by atoms with Gasteiger partial charge in [0, 0.05) is 79.3 Å². The second-order valence-corrected chi connectivity index (χ2v) is 15.9. The van der Waals surface area contributed by atoms with Gasteiger partial charge in [-0.15, -0.1) is 0 Å². The number of methoxy groups -OCH3 is 1. The Morgan fingerprint density at radius 1 is 0.727 bits per heavy atom. The molecule has 4 aliphatic rings. The van der Waals surface area contributed by atoms with Crippen molar-refractivity contribution in [1.82, 2.24) is 29.4 Å². The molecule has 0 radical (unpaired) electrons. The smallest absolute Gasteiger partial charge is 0.376 e. The highest BCUT2D eigenvalue weighted by atomic mass is 79.9. The number of esters is 1. The van der Waals surface area contributed by atoms with Crippen LogP contribution >= 0.6 is 39.1 Å². The molecule has 4 aromatic rings. The van der Waals surface area contributed by atoms with E-state index in [4.69, 9.17) is 37.9 Å². The zero-order valence-electron chi connectivity index (χ0n) is 31.1. The maximum absolute atomic E-state index is 12.6. The van der Waals surface area contributed by atoms with Crippen LogP contribution in [0.5, 0.6) is 0 Å². The average Bonchev–Trinajstić information content (AvgIpc) is 3.41. The topological polar surface area (TPSA) is 106 Å². The summed E-state index contributed by atoms with van der Waals surface area (Å²) in [6, 6.07) is 19.6. The van der Waals surface area contributed by atoms with Crippen LogP contribution in [0.25, 0.3) is 22.2 Å². The van der Waals surface area contributed by atoms with Crippen molar-refractivity contribution in [2.45, 2.75) is 25.7 Å². The first-order valence-electron chi connectivity index (χ1n) is 18.5. The number of carbonyl (C=O) groups excluding carboxylic acids is 1. The van der Waals surface area contributed by atoms with Gasteiger partial charge in [-0.3, -0.25) is 19.8 Å². The van der Waals surface area contributed by atoms with Crippen molar-refractivity contribution < 1.29 is 19.6 Å². The number of hydrogen-bond acceptors (Lipinski definition) is 10. The molecule has 2 aliphatic carbocycles. The Morgan fingerprint density at radius 2 is 1.18 bits per heavy atom. The highest BCUT2D eigenvalue weighted by Gasteiger charge is 2.36. The number of rotatable bonds is 5. The Kier molecular flexibility index (Phi) is 12.6. The average molecular weight is 844 g/mol. The quantitative estimate of drug-likeness (QED) is 0.175. The summed E-state index contributed by atoms with van der Waals surface area (Å²) in [4.78, 5) is 31.0. The summed E-state index contributed by atoms with van der Waals surface area (Å²) >= 11 is 16.3. The Morgan fingerprint density at radius 3 is 1.65 bits per heavy atom. The lowest BCUT2D eigenvalue weighted by Crippen LogP contribution is -2.52. The van der Waals surface area contributed by atoms with Crippen molar-refractivity contribution >= 4 is 81.4 Å². The number of pyridine rings is 2. The number of halogens is 3. The molecule has 4 heterocycles. The molecule has 2 saturated heterocycles. The number of carbonyl (C=O) groups is 1. The van der Waals surface area contributed by atoms with Crippen LogP contribution in [-0.2, 0) is 9.53 Å². The van der Waals surface area contributed by atoms with E-state index < -0.39 is 20.1 Å². The SMILES string of the molecule is CB(O)N1CCN(C2c3ccc(Cl)cc3C(Br)=Cc3cccnc32)CC1.COC(=O)C1=Cc2cccnc2C(N2CCN(B(C)O)CC2)c2ccc(Cl)cc21. The van der Waals surface area contributed by atoms with Crippen LogP contribution in [0.15, 0.2) is 73.1 Å². The Bertz CT molecular complexity index is 2110. The van der Waals surface area contributed by atoms with E-state index in [1.165, 1.54) is 12.7 Å². The Balaban J connectivity index is 0.000000170. The van der Waals surface area contributed by atoms with Crippen LogP contribution in [0.2, 0.25) is 23.7 Å². The summed E-state index contributed by atoms with van der Waals surface area (Å²) in [5.74, 6) is -0.400. The van der Waals surface area contributed by atoms with Crippen molar-refractivity contribution in [2.75, 3.05) is 59.5 Å². The summed E-state index contributed by atoms with van der Waals surface area (Å²) < 4.78 is 6.08. The van der Waals surface area contributed by atoms with Crippen molar-refractivity contribution in [3.05, 3.63) is 128 Å². The number of ether oxygens (including phenoxy) is 1. The molecule has 0 saturated carbocycles. The zero-order valence-corrected chi connectivity index (χ0v) is 34.2. The number of benzene rings is 2. The van der Waals surface area contributed by atoms with Crippen LogP contribution in [0, 0.1) is 0 Å². The Hall–Kier alpha value is -3.36. The second-order valence-electron chi connectivity index (χ2n) is 14.2. The third kappa shape index (κ3) is 8.51. The van der Waals surface area contributed by atoms with E-state index in [-0.39, 0.29) is 12.1 Å². The molecule has 2 aliphatic heterocycles. The minimum Gasteiger partial charge on any atom is -0.465 e. The van der Waals surface area contributed by atoms with Crippen LogP contribution in [-0.4, -0.2) is 119 Å². The molecule has 0 amide bonds. The van der Waals surface area contributed by atoms with Gasteiger partial charge in [0.05, 0.1) is 36.2 Å². The maximum atomic E-state index is 12.6. The van der Waals surface area contributed by atoms with Gasteiger partial charge in [0.1, 0.15) is 0 Å². The second kappa shape index (κ2) is 17.4. The van der Waals surface area contributed by atoms with Crippen molar-refractivity contribution in [2.24, 2.45) is 0 Å². The Labute approximate surface area is 341 Å². The molecule has 0 bridgehead atoms. The summed E-state index contributed by atoms with van der Waals surface area (Å²) in [6.07, 6.45) is 7.61. The number of piperazine rings is 2. The number of hydrogen-bond donors (Lipinski definition) is 2. The van der Waals surface area contributed by atoms with Crippen molar-refractivity contribution in [3.8, 4) is 0 Å². The van der Waals surface area contributed by atoms with E-state index in [0.717, 1.165) is 101 Å². The van der Waals surface area contributed by atoms with Crippen LogP contribution in [0.4, 0.5) is 0 Å². The lowest BCUT2D eigenvalue weighted by atomic mass is 9.84. The van der Waals surface area contributed by atoms with Gasteiger partial charge in [0.15, 0.2) is 0 Å². The van der Waals surface area contributed by atoms with E-state index in [2.05, 4.69) is 48.7 Å². The molecule has 8 rings (SSSR count). The first kappa shape index (κ1) is 39.9. The predicted octanol–water partition coefficient (Wildman–Crippen LogP) is 6.34. The van der Waals surface area contributed by atoms with E-state index in [0.29, 0.717) is 10.6 Å². The molecule has 55 heavy (non-hydrogen) atoms. The standard InChI is InChI=1S/C21H23BClN3O3.C19H20BBrClN3O/c1-22(28)26-10-8-25(9-11-26)20-16-6-5-15(23)13-17(16)18(21(27)29-2)12-14-4-3-7-24-19(14)20;1-20(26)25-9-7-24(8-10-25)19-15-5-4-14(22)12-16(15)17(21)11-13-3-2-6-23-18(13)19/h3-7,12-13,20,28H,8-11H2,1-2H3;2-6,11-12,19,26H,7-10H2,1H3. The first-order valence-corrected chi connectivity index (χ1v) is 20.1. The van der Waals surface area contributed by atoms with E-state index >= 15 is 0 Å². The molecular formula is C40H43B2BrCl2N6O4. The van der Waals surface area contributed by atoms with E-state index in [9.17, 15) is 14.8 Å². The summed E-state index contributed by atoms with van der Waals surface area (Å²) in [7, 11) is 0.517. The van der Waals surface area contributed by atoms with Gasteiger partial charge in [0.2, 0.25) is 0 Å². The molecular weight excluding hydrogens is 801 g/mol. The number of nitrogens with zero attached hydrogens (tertiary/aromatic N) is 6. The fraction of sp³-hybridized carbons (Fsp3) is 0.325. The molecule has 2 atom stereocenters. The molecule has 0 spiro atoms. The van der Waals surface area contributed by atoms with Gasteiger partial charge in [0.25, 0.3) is 0 Å². The normalized spacial score (nSPS) is 20.1. The van der Waals surface area contributed by atoms with Crippen LogP contribution in [0.3, 0.4) is 0 Å². The predicted molar refractivity (Wildman–Crippen MR) is 226 cm³/mol. The van der Waals surface area contributed by atoms with Gasteiger partial charge in [-0.2, -0.15) is 0 Å². The zero-order chi connectivity index (χ0) is 38.8. The lowest BCUT2D eigenvalue weighted by molar-refractivity contribution is -0.133. The molecule has 2 aromatic heterocycles. The molecule has 2 N–H and O–H groups in total. The van der Waals surface area contributed by atoms with Crippen molar-refractivity contribution in [1.29, 1.82) is 0 Å². The first-order chi connectivity index (χ1) is 26.5. The van der Waals surface area contributed by atoms with Crippen LogP contribution in [0.1, 0.15) is 56.9 Å². The number of aromatic nitrogens is 2. The molecule has 10 nitrogen and oxygen atoms in total. The summed E-state index contributed by atoms with van der Waals surface area (Å²) in [5.41, 5.74) is 8.52. The maximum Gasteiger partial charge on any atom is 0.376 e. The molecule has 284 valence electrons. The van der Waals surface area contributed by atoms with Gasteiger partial charge in [-0.05, 0) is 95.6 Å². The van der Waals surface area contributed by atoms with Gasteiger partial charge >= 0.3 is 20.1 Å². The molecule has 2 unspecified atom stereocenters. The molecule has 2 aromatic carbocycles. The minimum atomic E-state index is -0.463. The van der Waals surface area contributed by atoms with E-state index in [1.807, 2.05) is 72.4 Å². The summed E-state index contributed by atoms with van der Waals surface area (Å²) in [5, 5.41) is 21.1. The van der Waals surface area contributed by atoms with Gasteiger partial charge < -0.3 is 24.4 Å². The molecule has 2 fully saturated rings. The fourth-order valence-corrected chi connectivity index (χ4v) is 8.97. The third-order valence-electron chi connectivity index (χ3n) is 10.9. The highest BCUT2D eigenvalue weighted by molar-refractivity contribution is 9.15. The lowest BCUT2D eigenvalue weighted by Gasteiger charge is -2.40. The molecule has 15 heteroatoms. The highest BCUT2D eigenvalue weighted by Crippen LogP contribution is 2.43. The largest absolute Gasteiger partial charge is 0.465 e. The van der Waals surface area contributed by atoms with Crippen molar-refractivity contribution in [3.63, 3.8) is 0 Å². The van der Waals surface area contributed by atoms with Crippen LogP contribution < -0.4 is 0 Å². The minimum absolute atomic E-state index is 0.0703. The van der Waals surface area contributed by atoms with Gasteiger partial charge in [-0.1, -0.05) is 63.4 Å². The summed E-state index contributed by atoms with van der Waals surface area (Å²) in [6.45, 7) is 10.1. The fourth-order valence-electron chi connectivity index (χ4n) is 8.03. The van der Waals surface area contributed by atoms with Gasteiger partial charge in [-0.25, -0.2) is 4.79 Å². The third-order valence-corrected chi connectivity index (χ3v) is 12.0. The van der Waals surface area contributed by atoms with E-state index in [1.54, 1.807) is 13.0 Å². The number of fused-ring (bicyclic) bond motifs is 4.